The van der Waals surface area contributed by atoms with Crippen molar-refractivity contribution in [2.75, 3.05) is 37.5 Å². The van der Waals surface area contributed by atoms with E-state index >= 15 is 0 Å². The van der Waals surface area contributed by atoms with E-state index in [9.17, 15) is 0 Å². The molecule has 2 rings (SSSR count). The lowest BCUT2D eigenvalue weighted by molar-refractivity contribution is 0.147. The predicted octanol–water partition coefficient (Wildman–Crippen LogP) is 2.13. The lowest BCUT2D eigenvalue weighted by Gasteiger charge is -2.16. The molecule has 0 fully saturated rings. The second-order valence-corrected chi connectivity index (χ2v) is 4.37. The van der Waals surface area contributed by atoms with E-state index in [1.165, 1.54) is 0 Å². The highest BCUT2D eigenvalue weighted by Crippen LogP contribution is 2.40. The first-order valence-electron chi connectivity index (χ1n) is 6.29. The molecule has 0 spiro atoms. The molecule has 5 heteroatoms. The van der Waals surface area contributed by atoms with E-state index in [0.717, 1.165) is 5.56 Å². The van der Waals surface area contributed by atoms with Crippen molar-refractivity contribution in [3.8, 4) is 16.9 Å². The third-order valence-electron chi connectivity index (χ3n) is 3.01. The highest BCUT2D eigenvalue weighted by molar-refractivity contribution is 5.94. The molecule has 0 saturated heterocycles. The fourth-order valence-electron chi connectivity index (χ4n) is 2.00. The Kier molecular flexibility index (Phi) is 4.32. The molecule has 0 radical (unpaired) electrons. The lowest BCUT2D eigenvalue weighted by atomic mass is 9.99. The molecule has 0 bridgehead atoms. The highest BCUT2D eigenvalue weighted by Gasteiger charge is 2.14. The molecule has 0 unspecified atom stereocenters. The zero-order chi connectivity index (χ0) is 14.5. The van der Waals surface area contributed by atoms with Crippen LogP contribution in [0.15, 0.2) is 36.4 Å². The van der Waals surface area contributed by atoms with Crippen molar-refractivity contribution in [3.05, 3.63) is 36.4 Å². The zero-order valence-electron chi connectivity index (χ0n) is 11.4. The molecule has 2 aromatic rings. The Morgan fingerprint density at radius 3 is 2.35 bits per heavy atom. The second-order valence-electron chi connectivity index (χ2n) is 4.37. The van der Waals surface area contributed by atoms with Crippen molar-refractivity contribution in [2.45, 2.75) is 0 Å². The molecule has 0 aliphatic heterocycles. The summed E-state index contributed by atoms with van der Waals surface area (Å²) in [5.74, 6) is 0.578. The normalized spacial score (nSPS) is 10.4. The molecule has 6 N–H and O–H groups in total. The number of nitrogen functional groups attached to an aromatic ring is 3. The minimum atomic E-state index is 0.425. The largest absolute Gasteiger partial charge is 0.489 e. The Hall–Kier alpha value is -2.40. The highest BCUT2D eigenvalue weighted by atomic mass is 16.5. The predicted molar refractivity (Wildman–Crippen MR) is 82.5 cm³/mol. The molecular weight excluding hydrogens is 254 g/mol. The minimum Gasteiger partial charge on any atom is -0.489 e. The van der Waals surface area contributed by atoms with Crippen molar-refractivity contribution in [1.82, 2.24) is 0 Å². The molecule has 0 heterocycles. The molecule has 0 aliphatic carbocycles. The zero-order valence-corrected chi connectivity index (χ0v) is 11.4. The molecule has 5 nitrogen and oxygen atoms in total. The minimum absolute atomic E-state index is 0.425. The van der Waals surface area contributed by atoms with Gasteiger partial charge in [-0.1, -0.05) is 18.2 Å². The Labute approximate surface area is 118 Å². The van der Waals surface area contributed by atoms with Crippen molar-refractivity contribution in [2.24, 2.45) is 0 Å². The van der Waals surface area contributed by atoms with Crippen LogP contribution >= 0.6 is 0 Å². The van der Waals surface area contributed by atoms with Crippen LogP contribution < -0.4 is 21.9 Å². The molecule has 20 heavy (non-hydrogen) atoms. The van der Waals surface area contributed by atoms with E-state index in [1.807, 2.05) is 24.3 Å². The van der Waals surface area contributed by atoms with Crippen molar-refractivity contribution in [1.29, 1.82) is 0 Å². The number of nitrogens with two attached hydrogens (primary N) is 3. The first kappa shape index (κ1) is 14.0. The third-order valence-corrected chi connectivity index (χ3v) is 3.01. The maximum Gasteiger partial charge on any atom is 0.143 e. The van der Waals surface area contributed by atoms with Crippen LogP contribution in [0.5, 0.6) is 5.75 Å². The maximum absolute atomic E-state index is 6.17. The summed E-state index contributed by atoms with van der Waals surface area (Å²) in [5, 5.41) is 0. The topological polar surface area (TPSA) is 96.5 Å². The average Bonchev–Trinajstić information content (AvgIpc) is 2.44. The van der Waals surface area contributed by atoms with Gasteiger partial charge < -0.3 is 26.7 Å². The standard InChI is InChI=1S/C15H19N3O2/c1-19-8-9-20-13-7-6-12(17)14(15(13)18)10-4-2-3-5-11(10)16/h2-7H,8-9,16-18H2,1H3. The van der Waals surface area contributed by atoms with E-state index in [4.69, 9.17) is 26.7 Å². The van der Waals surface area contributed by atoms with E-state index in [2.05, 4.69) is 0 Å². The summed E-state index contributed by atoms with van der Waals surface area (Å²) < 4.78 is 10.5. The van der Waals surface area contributed by atoms with E-state index in [1.54, 1.807) is 19.2 Å². The number of hydrogen-bond acceptors (Lipinski definition) is 5. The number of ether oxygens (including phenoxy) is 2. The van der Waals surface area contributed by atoms with Crippen LogP contribution in [-0.4, -0.2) is 20.3 Å². The SMILES string of the molecule is COCCOc1ccc(N)c(-c2ccccc2N)c1N. The summed E-state index contributed by atoms with van der Waals surface area (Å²) in [7, 11) is 1.62. The Balaban J connectivity index is 2.42. The fraction of sp³-hybridized carbons (Fsp3) is 0.200. The van der Waals surface area contributed by atoms with Gasteiger partial charge in [-0.15, -0.1) is 0 Å². The summed E-state index contributed by atoms with van der Waals surface area (Å²) in [6.07, 6.45) is 0. The average molecular weight is 273 g/mol. The first-order chi connectivity index (χ1) is 9.65. The summed E-state index contributed by atoms with van der Waals surface area (Å²) in [6.45, 7) is 0.918. The number of anilines is 3. The Morgan fingerprint density at radius 1 is 0.900 bits per heavy atom. The number of hydrogen-bond donors (Lipinski definition) is 3. The molecule has 0 atom stereocenters. The quantitative estimate of drug-likeness (QED) is 0.573. The summed E-state index contributed by atoms with van der Waals surface area (Å²) >= 11 is 0. The summed E-state index contributed by atoms with van der Waals surface area (Å²) in [6, 6.07) is 11.0. The van der Waals surface area contributed by atoms with Crippen LogP contribution in [0.1, 0.15) is 0 Å². The molecule has 0 amide bonds. The van der Waals surface area contributed by atoms with Gasteiger partial charge in [0.15, 0.2) is 0 Å². The van der Waals surface area contributed by atoms with Crippen LogP contribution in [0, 0.1) is 0 Å². The first-order valence-corrected chi connectivity index (χ1v) is 6.29. The Morgan fingerprint density at radius 2 is 1.65 bits per heavy atom. The van der Waals surface area contributed by atoms with Gasteiger partial charge in [0.2, 0.25) is 0 Å². The molecule has 0 saturated carbocycles. The van der Waals surface area contributed by atoms with Gasteiger partial charge in [0.25, 0.3) is 0 Å². The second kappa shape index (κ2) is 6.16. The number of benzene rings is 2. The van der Waals surface area contributed by atoms with Crippen LogP contribution in [-0.2, 0) is 4.74 Å². The van der Waals surface area contributed by atoms with Gasteiger partial charge in [0.1, 0.15) is 12.4 Å². The van der Waals surface area contributed by atoms with E-state index in [0.29, 0.717) is 41.6 Å². The van der Waals surface area contributed by atoms with E-state index in [-0.39, 0.29) is 0 Å². The van der Waals surface area contributed by atoms with Gasteiger partial charge in [-0.2, -0.15) is 0 Å². The van der Waals surface area contributed by atoms with Gasteiger partial charge in [-0.25, -0.2) is 0 Å². The molecule has 2 aromatic carbocycles. The van der Waals surface area contributed by atoms with Crippen LogP contribution in [0.2, 0.25) is 0 Å². The van der Waals surface area contributed by atoms with Crippen LogP contribution in [0.4, 0.5) is 17.1 Å². The van der Waals surface area contributed by atoms with Gasteiger partial charge in [-0.05, 0) is 18.2 Å². The molecule has 0 aromatic heterocycles. The van der Waals surface area contributed by atoms with Gasteiger partial charge in [0.05, 0.1) is 12.3 Å². The van der Waals surface area contributed by atoms with Gasteiger partial charge in [0, 0.05) is 29.6 Å². The number of rotatable bonds is 5. The number of methoxy groups -OCH3 is 1. The van der Waals surface area contributed by atoms with Crippen LogP contribution in [0.3, 0.4) is 0 Å². The Bertz CT molecular complexity index is 600. The van der Waals surface area contributed by atoms with Crippen molar-refractivity contribution < 1.29 is 9.47 Å². The molecule has 106 valence electrons. The summed E-state index contributed by atoms with van der Waals surface area (Å²) in [5.41, 5.74) is 21.4. The monoisotopic (exact) mass is 273 g/mol. The van der Waals surface area contributed by atoms with Gasteiger partial charge in [-0.3, -0.25) is 0 Å². The summed E-state index contributed by atoms with van der Waals surface area (Å²) in [4.78, 5) is 0. The lowest BCUT2D eigenvalue weighted by Crippen LogP contribution is -2.07. The number of para-hydroxylation sites is 1. The maximum atomic E-state index is 6.17. The van der Waals surface area contributed by atoms with Gasteiger partial charge >= 0.3 is 0 Å². The van der Waals surface area contributed by atoms with E-state index < -0.39 is 0 Å². The molecule has 0 aliphatic rings. The molecular formula is C15H19N3O2. The van der Waals surface area contributed by atoms with Crippen molar-refractivity contribution >= 4 is 17.1 Å². The smallest absolute Gasteiger partial charge is 0.143 e. The fourth-order valence-corrected chi connectivity index (χ4v) is 2.00. The van der Waals surface area contributed by atoms with Crippen LogP contribution in [0.25, 0.3) is 11.1 Å². The van der Waals surface area contributed by atoms with Crippen molar-refractivity contribution in [3.63, 3.8) is 0 Å². The third kappa shape index (κ3) is 2.78.